The van der Waals surface area contributed by atoms with Crippen LogP contribution in [0.25, 0.3) is 0 Å². The van der Waals surface area contributed by atoms with Crippen molar-refractivity contribution in [3.05, 3.63) is 93.6 Å². The third-order valence-electron chi connectivity index (χ3n) is 4.34. The van der Waals surface area contributed by atoms with E-state index in [0.717, 1.165) is 29.5 Å². The van der Waals surface area contributed by atoms with Gasteiger partial charge in [-0.1, -0.05) is 59.1 Å². The third-order valence-corrected chi connectivity index (χ3v) is 4.34. The van der Waals surface area contributed by atoms with Crippen LogP contribution < -0.4 is 0 Å². The minimum atomic E-state index is 1.03. The summed E-state index contributed by atoms with van der Waals surface area (Å²) in [5.74, 6) is 13.1. The largest absolute Gasteiger partial charge is 0.0729 e. The second kappa shape index (κ2) is 7.74. The van der Waals surface area contributed by atoms with Crippen molar-refractivity contribution in [1.82, 2.24) is 0 Å². The molecule has 0 fully saturated rings. The Bertz CT molecular complexity index is 959. The van der Waals surface area contributed by atoms with Crippen LogP contribution >= 0.6 is 0 Å². The van der Waals surface area contributed by atoms with Crippen LogP contribution in [0.2, 0.25) is 0 Å². The summed E-state index contributed by atoms with van der Waals surface area (Å²) >= 11 is 0. The summed E-state index contributed by atoms with van der Waals surface area (Å²) < 4.78 is 0. The average molecular weight is 322 g/mol. The lowest BCUT2D eigenvalue weighted by Gasteiger charge is -2.06. The molecule has 0 amide bonds. The van der Waals surface area contributed by atoms with Crippen molar-refractivity contribution in [3.63, 3.8) is 0 Å². The molecule has 0 unspecified atom stereocenters. The molecule has 0 saturated heterocycles. The highest BCUT2D eigenvalue weighted by Crippen LogP contribution is 2.17. The fraction of sp³-hybridized carbons (Fsp3) is 0.200. The maximum absolute atomic E-state index is 3.31. The van der Waals surface area contributed by atoms with Gasteiger partial charge < -0.3 is 0 Å². The monoisotopic (exact) mass is 322 g/mol. The molecule has 0 atom stereocenters. The molecule has 0 bridgehead atoms. The van der Waals surface area contributed by atoms with E-state index in [1.165, 1.54) is 22.3 Å². The van der Waals surface area contributed by atoms with Gasteiger partial charge >= 0.3 is 0 Å². The van der Waals surface area contributed by atoms with Gasteiger partial charge in [-0.2, -0.15) is 0 Å². The van der Waals surface area contributed by atoms with Gasteiger partial charge in [0.2, 0.25) is 0 Å². The molecular weight excluding hydrogens is 300 g/mol. The lowest BCUT2D eigenvalue weighted by Crippen LogP contribution is -1.89. The molecule has 1 aliphatic carbocycles. The fourth-order valence-corrected chi connectivity index (χ4v) is 2.66. The molecule has 0 nitrogen and oxygen atoms in total. The van der Waals surface area contributed by atoms with Gasteiger partial charge in [-0.05, 0) is 69.5 Å². The van der Waals surface area contributed by atoms with Crippen molar-refractivity contribution < 1.29 is 0 Å². The predicted molar refractivity (Wildman–Crippen MR) is 106 cm³/mol. The Balaban J connectivity index is 1.77. The third kappa shape index (κ3) is 4.76. The van der Waals surface area contributed by atoms with Gasteiger partial charge in [0.15, 0.2) is 0 Å². The zero-order chi connectivity index (χ0) is 17.6. The molecule has 2 aromatic carbocycles. The molecule has 0 heteroatoms. The second-order valence-corrected chi connectivity index (χ2v) is 6.60. The van der Waals surface area contributed by atoms with Gasteiger partial charge in [-0.15, -0.1) is 0 Å². The zero-order valence-corrected chi connectivity index (χ0v) is 15.1. The van der Waals surface area contributed by atoms with Gasteiger partial charge in [-0.3, -0.25) is 0 Å². The van der Waals surface area contributed by atoms with Crippen LogP contribution in [0.4, 0.5) is 0 Å². The molecule has 3 rings (SSSR count). The van der Waals surface area contributed by atoms with Crippen LogP contribution in [0.5, 0.6) is 0 Å². The van der Waals surface area contributed by atoms with E-state index in [1.807, 2.05) is 0 Å². The molecule has 1 aliphatic rings. The second-order valence-electron chi connectivity index (χ2n) is 6.60. The summed E-state index contributed by atoms with van der Waals surface area (Å²) in [6.07, 6.45) is 6.48. The number of rotatable bonds is 0. The van der Waals surface area contributed by atoms with Crippen molar-refractivity contribution in [2.75, 3.05) is 0 Å². The van der Waals surface area contributed by atoms with E-state index in [4.69, 9.17) is 0 Å². The van der Waals surface area contributed by atoms with E-state index in [2.05, 4.69) is 99.1 Å². The molecule has 0 aliphatic heterocycles. The highest BCUT2D eigenvalue weighted by molar-refractivity contribution is 5.51. The van der Waals surface area contributed by atoms with Crippen molar-refractivity contribution >= 4 is 0 Å². The summed E-state index contributed by atoms with van der Waals surface area (Å²) in [4.78, 5) is 0. The molecule has 0 aromatic heterocycles. The number of benzene rings is 2. The van der Waals surface area contributed by atoms with Gasteiger partial charge in [0.25, 0.3) is 0 Å². The molecule has 25 heavy (non-hydrogen) atoms. The van der Waals surface area contributed by atoms with Crippen LogP contribution in [0.1, 0.15) is 47.6 Å². The fourth-order valence-electron chi connectivity index (χ4n) is 2.66. The zero-order valence-electron chi connectivity index (χ0n) is 15.1. The molecule has 0 N–H and O–H groups in total. The number of allylic oxidation sites excluding steroid dienone is 4. The van der Waals surface area contributed by atoms with Crippen LogP contribution in [0.3, 0.4) is 0 Å². The molecule has 0 saturated carbocycles. The Morgan fingerprint density at radius 1 is 0.680 bits per heavy atom. The Morgan fingerprint density at radius 2 is 1.40 bits per heavy atom. The number of aryl methyl sites for hydroxylation is 2. The first kappa shape index (κ1) is 16.9. The van der Waals surface area contributed by atoms with E-state index in [9.17, 15) is 0 Å². The van der Waals surface area contributed by atoms with Crippen LogP contribution in [-0.4, -0.2) is 0 Å². The highest BCUT2D eigenvalue weighted by atomic mass is 14.0. The topological polar surface area (TPSA) is 0 Å². The normalized spacial score (nSPS) is 12.9. The quantitative estimate of drug-likeness (QED) is 0.544. The molecular formula is C25H22. The van der Waals surface area contributed by atoms with Crippen LogP contribution in [0, 0.1) is 37.5 Å². The molecule has 0 heterocycles. The molecule has 0 spiro atoms. The van der Waals surface area contributed by atoms with Crippen molar-refractivity contribution in [3.8, 4) is 23.7 Å². The lowest BCUT2D eigenvalue weighted by atomic mass is 9.99. The standard InChI is InChI=1S/C25H22/c1-19-4-8-22(9-5-19)12-13-24-15-17-25(21(3)18-24)16-14-23-10-6-20(2)7-11-23/h4-6,8-10,15,17-18H,7,11H2,1-3H3. The van der Waals surface area contributed by atoms with Gasteiger partial charge in [0.05, 0.1) is 0 Å². The molecule has 122 valence electrons. The predicted octanol–water partition coefficient (Wildman–Crippen LogP) is 5.72. The van der Waals surface area contributed by atoms with E-state index in [-0.39, 0.29) is 0 Å². The first-order valence-corrected chi connectivity index (χ1v) is 8.68. The van der Waals surface area contributed by atoms with Crippen molar-refractivity contribution in [2.45, 2.75) is 33.6 Å². The summed E-state index contributed by atoms with van der Waals surface area (Å²) in [7, 11) is 0. The van der Waals surface area contributed by atoms with Crippen molar-refractivity contribution in [1.29, 1.82) is 0 Å². The lowest BCUT2D eigenvalue weighted by molar-refractivity contribution is 0.934. The van der Waals surface area contributed by atoms with Gasteiger partial charge in [-0.25, -0.2) is 0 Å². The van der Waals surface area contributed by atoms with Crippen molar-refractivity contribution in [2.24, 2.45) is 0 Å². The Labute approximate surface area is 151 Å². The van der Waals surface area contributed by atoms with Gasteiger partial charge in [0.1, 0.15) is 0 Å². The summed E-state index contributed by atoms with van der Waals surface area (Å²) in [5.41, 5.74) is 8.22. The SMILES string of the molecule is CC1=CC=C(C#Cc2ccc(C#Cc3ccc(C)cc3)cc2C)CC1. The Hall–Kier alpha value is -2.96. The highest BCUT2D eigenvalue weighted by Gasteiger charge is 2.01. The number of hydrogen-bond donors (Lipinski definition) is 0. The minimum absolute atomic E-state index is 1.03. The first-order valence-electron chi connectivity index (χ1n) is 8.68. The van der Waals surface area contributed by atoms with E-state index in [0.29, 0.717) is 0 Å². The smallest absolute Gasteiger partial charge is 0.0279 e. The Morgan fingerprint density at radius 3 is 2.08 bits per heavy atom. The minimum Gasteiger partial charge on any atom is -0.0729 e. The number of hydrogen-bond acceptors (Lipinski definition) is 0. The molecule has 2 aromatic rings. The maximum Gasteiger partial charge on any atom is 0.0279 e. The van der Waals surface area contributed by atoms with E-state index in [1.54, 1.807) is 0 Å². The Kier molecular flexibility index (Phi) is 5.23. The average Bonchev–Trinajstić information content (AvgIpc) is 2.62. The van der Waals surface area contributed by atoms with Crippen LogP contribution in [-0.2, 0) is 0 Å². The maximum atomic E-state index is 3.31. The first-order chi connectivity index (χ1) is 12.1. The summed E-state index contributed by atoms with van der Waals surface area (Å²) in [5, 5.41) is 0. The van der Waals surface area contributed by atoms with Crippen LogP contribution in [0.15, 0.2) is 65.8 Å². The van der Waals surface area contributed by atoms with E-state index < -0.39 is 0 Å². The summed E-state index contributed by atoms with van der Waals surface area (Å²) in [6, 6.07) is 14.5. The summed E-state index contributed by atoms with van der Waals surface area (Å²) in [6.45, 7) is 6.35. The van der Waals surface area contributed by atoms with E-state index >= 15 is 0 Å². The molecule has 0 radical (unpaired) electrons. The van der Waals surface area contributed by atoms with Gasteiger partial charge in [0, 0.05) is 22.3 Å².